The van der Waals surface area contributed by atoms with Crippen LogP contribution in [0.25, 0.3) is 16.9 Å². The van der Waals surface area contributed by atoms with Gasteiger partial charge in [0.25, 0.3) is 11.5 Å². The molecule has 1 aliphatic heterocycles. The van der Waals surface area contributed by atoms with Crippen LogP contribution in [0.5, 0.6) is 0 Å². The van der Waals surface area contributed by atoms with Crippen molar-refractivity contribution in [2.75, 3.05) is 0 Å². The predicted molar refractivity (Wildman–Crippen MR) is 106 cm³/mol. The molecule has 0 saturated carbocycles. The van der Waals surface area contributed by atoms with E-state index in [1.165, 1.54) is 0 Å². The molecule has 2 aromatic carbocycles. The summed E-state index contributed by atoms with van der Waals surface area (Å²) in [5.74, 6) is 2.43. The molecule has 0 bridgehead atoms. The fourth-order valence-corrected chi connectivity index (χ4v) is 2.70. The molecule has 0 aliphatic carbocycles. The predicted octanol–water partition coefficient (Wildman–Crippen LogP) is 4.93. The second kappa shape index (κ2) is 8.32. The highest BCUT2D eigenvalue weighted by Gasteiger charge is 2.21. The maximum absolute atomic E-state index is 9.37. The van der Waals surface area contributed by atoms with Crippen molar-refractivity contribution in [3.8, 4) is 12.1 Å². The van der Waals surface area contributed by atoms with E-state index in [2.05, 4.69) is 0 Å². The van der Waals surface area contributed by atoms with Crippen LogP contribution >= 0.6 is 0 Å². The lowest BCUT2D eigenvalue weighted by atomic mass is 9.97. The van der Waals surface area contributed by atoms with Crippen LogP contribution in [0.3, 0.4) is 0 Å². The Hall–Kier alpha value is -4.11. The standard InChI is InChI=1S/C23H14N3O/c24-14-20(21(15-25)16-26)11-17-12-22(18-7-3-1-4-8-18)27-23(13-17)19-9-5-2-6-10-19/h1-13,20H/q-1/p+1. The Kier molecular flexibility index (Phi) is 5.45. The molecule has 128 valence electrons. The first-order chi connectivity index (χ1) is 13.2. The first-order valence-electron chi connectivity index (χ1n) is 8.29. The average molecular weight is 349 g/mol. The van der Waals surface area contributed by atoms with Crippen LogP contribution in [0.1, 0.15) is 11.1 Å². The van der Waals surface area contributed by atoms with Crippen LogP contribution in [0.4, 0.5) is 0 Å². The Morgan fingerprint density at radius 3 is 1.81 bits per heavy atom. The van der Waals surface area contributed by atoms with Crippen LogP contribution in [-0.2, 0) is 0 Å². The number of nitriles is 2. The molecule has 1 atom stereocenters. The van der Waals surface area contributed by atoms with Gasteiger partial charge < -0.3 is 10.1 Å². The average Bonchev–Trinajstić information content (AvgIpc) is 2.75. The number of nitrogens with zero attached hydrogens (tertiary/aromatic N) is 3. The van der Waals surface area contributed by atoms with Crippen LogP contribution < -0.4 is 0 Å². The lowest BCUT2D eigenvalue weighted by molar-refractivity contribution is 0.253. The van der Waals surface area contributed by atoms with E-state index in [0.717, 1.165) is 28.2 Å². The van der Waals surface area contributed by atoms with Gasteiger partial charge in [0, 0.05) is 12.2 Å². The molecule has 4 nitrogen and oxygen atoms in total. The Bertz CT molecular complexity index is 1000. The van der Waals surface area contributed by atoms with Crippen molar-refractivity contribution in [3.63, 3.8) is 0 Å². The van der Waals surface area contributed by atoms with E-state index in [-0.39, 0.29) is 5.57 Å². The Morgan fingerprint density at radius 2 is 1.41 bits per heavy atom. The van der Waals surface area contributed by atoms with E-state index in [1.807, 2.05) is 78.9 Å². The van der Waals surface area contributed by atoms with Gasteiger partial charge in [0.2, 0.25) is 0 Å². The van der Waals surface area contributed by atoms with Gasteiger partial charge in [-0.25, -0.2) is 0 Å². The van der Waals surface area contributed by atoms with Crippen molar-refractivity contribution >= 4 is 17.4 Å². The summed E-state index contributed by atoms with van der Waals surface area (Å²) in [6.45, 7) is 0. The summed E-state index contributed by atoms with van der Waals surface area (Å²) in [4.78, 5) is 0. The van der Waals surface area contributed by atoms with Crippen molar-refractivity contribution in [2.24, 2.45) is 5.92 Å². The third kappa shape index (κ3) is 4.11. The quantitative estimate of drug-likeness (QED) is 0.445. The zero-order chi connectivity index (χ0) is 19.1. The molecule has 0 aromatic heterocycles. The molecule has 1 heterocycles. The number of hydrogen-bond acceptors (Lipinski definition) is 2. The van der Waals surface area contributed by atoms with Crippen LogP contribution in [0.2, 0.25) is 0 Å². The molecule has 1 N–H and O–H groups in total. The van der Waals surface area contributed by atoms with Crippen LogP contribution in [0.15, 0.2) is 90.0 Å². The monoisotopic (exact) mass is 349 g/mol. The lowest BCUT2D eigenvalue weighted by Crippen LogP contribution is -2.05. The van der Waals surface area contributed by atoms with Crippen LogP contribution in [0, 0.1) is 28.6 Å². The third-order valence-corrected chi connectivity index (χ3v) is 4.04. The Labute approximate surface area is 157 Å². The molecular formula is C23H15N3O. The molecule has 0 spiro atoms. The SMILES string of the molecule is N#CC(=C=[N-])C(C#N)C=C1C=C(c2ccccc2)[OH+]C(c2ccccc2)=C1. The zero-order valence-corrected chi connectivity index (χ0v) is 14.4. The number of hydrogen-bond donors (Lipinski definition) is 0. The minimum absolute atomic E-state index is 0.128. The zero-order valence-electron chi connectivity index (χ0n) is 14.4. The van der Waals surface area contributed by atoms with Gasteiger partial charge in [-0.1, -0.05) is 42.5 Å². The Morgan fingerprint density at radius 1 is 0.889 bits per heavy atom. The summed E-state index contributed by atoms with van der Waals surface area (Å²) in [6, 6.07) is 23.3. The van der Waals surface area contributed by atoms with E-state index >= 15 is 0 Å². The highest BCUT2D eigenvalue weighted by Crippen LogP contribution is 2.30. The summed E-state index contributed by atoms with van der Waals surface area (Å²) in [6.07, 6.45) is 5.35. The molecular weight excluding hydrogens is 334 g/mol. The van der Waals surface area contributed by atoms with Crippen LogP contribution in [-0.4, -0.2) is 10.6 Å². The summed E-state index contributed by atoms with van der Waals surface area (Å²) >= 11 is 0. The van der Waals surface area contributed by atoms with E-state index < -0.39 is 5.92 Å². The van der Waals surface area contributed by atoms with Crippen molar-refractivity contribution in [3.05, 3.63) is 107 Å². The molecule has 3 rings (SSSR count). The van der Waals surface area contributed by atoms with Gasteiger partial charge in [-0.05, 0) is 29.8 Å². The fraction of sp³-hybridized carbons (Fsp3) is 0.0435. The second-order valence-corrected chi connectivity index (χ2v) is 5.81. The van der Waals surface area contributed by atoms with Crippen molar-refractivity contribution in [2.45, 2.75) is 0 Å². The van der Waals surface area contributed by atoms with Gasteiger partial charge in [-0.15, -0.1) is 0 Å². The molecule has 1 unspecified atom stereocenters. The van der Waals surface area contributed by atoms with Crippen molar-refractivity contribution < 1.29 is 4.74 Å². The molecule has 0 amide bonds. The summed E-state index contributed by atoms with van der Waals surface area (Å²) in [5, 5.41) is 27.5. The van der Waals surface area contributed by atoms with Gasteiger partial charge >= 0.3 is 0 Å². The van der Waals surface area contributed by atoms with Gasteiger partial charge in [-0.2, -0.15) is 10.5 Å². The number of ether oxygens (including phenoxy) is 1. The smallest absolute Gasteiger partial charge is 0.268 e. The molecule has 0 radical (unpaired) electrons. The topological polar surface area (TPSA) is 82.7 Å². The second-order valence-electron chi connectivity index (χ2n) is 5.81. The number of allylic oxidation sites excluding steroid dienone is 5. The number of rotatable bonds is 4. The molecule has 1 aliphatic rings. The molecule has 0 saturated heterocycles. The van der Waals surface area contributed by atoms with E-state index in [1.54, 1.807) is 18.0 Å². The fourth-order valence-electron chi connectivity index (χ4n) is 2.70. The maximum Gasteiger partial charge on any atom is 0.268 e. The third-order valence-electron chi connectivity index (χ3n) is 4.04. The van der Waals surface area contributed by atoms with Gasteiger partial charge in [-0.3, -0.25) is 5.87 Å². The molecule has 2 aromatic rings. The van der Waals surface area contributed by atoms with Crippen molar-refractivity contribution in [1.82, 2.24) is 0 Å². The van der Waals surface area contributed by atoms with E-state index in [0.29, 0.717) is 0 Å². The highest BCUT2D eigenvalue weighted by atomic mass is 16.5. The van der Waals surface area contributed by atoms with Gasteiger partial charge in [0.1, 0.15) is 12.0 Å². The summed E-state index contributed by atoms with van der Waals surface area (Å²) in [7, 11) is 0. The van der Waals surface area contributed by atoms with Gasteiger partial charge in [0.05, 0.1) is 22.8 Å². The lowest BCUT2D eigenvalue weighted by Gasteiger charge is -2.16. The van der Waals surface area contributed by atoms with E-state index in [9.17, 15) is 5.26 Å². The first kappa shape index (κ1) is 17.7. The first-order valence-corrected chi connectivity index (χ1v) is 8.29. The number of benzene rings is 2. The normalized spacial score (nSPS) is 13.6. The Balaban J connectivity index is 2.09. The molecule has 27 heavy (non-hydrogen) atoms. The highest BCUT2D eigenvalue weighted by molar-refractivity contribution is 5.77. The van der Waals surface area contributed by atoms with E-state index in [4.69, 9.17) is 15.4 Å². The van der Waals surface area contributed by atoms with Gasteiger partial charge in [0.15, 0.2) is 0 Å². The molecule has 4 heteroatoms. The number of aliphatic hydroxyl groups is 2. The summed E-state index contributed by atoms with van der Waals surface area (Å²) in [5.41, 5.74) is 2.50. The summed E-state index contributed by atoms with van der Waals surface area (Å²) < 4.78 is 4.75. The van der Waals surface area contributed by atoms with Crippen molar-refractivity contribution in [1.29, 1.82) is 10.5 Å². The minimum atomic E-state index is -0.894. The minimum Gasteiger partial charge on any atom is -0.762 e. The molecule has 0 fully saturated rings. The maximum atomic E-state index is 9.37. The largest absolute Gasteiger partial charge is 0.762 e.